The van der Waals surface area contributed by atoms with Gasteiger partial charge in [0.2, 0.25) is 0 Å². The van der Waals surface area contributed by atoms with Gasteiger partial charge in [0, 0.05) is 25.0 Å². The maximum Gasteiger partial charge on any atom is 0.256 e. The van der Waals surface area contributed by atoms with Crippen LogP contribution in [0.1, 0.15) is 23.7 Å². The van der Waals surface area contributed by atoms with Gasteiger partial charge in [-0.3, -0.25) is 4.79 Å². The highest BCUT2D eigenvalue weighted by Crippen LogP contribution is 2.17. The molecule has 0 fully saturated rings. The van der Waals surface area contributed by atoms with Gasteiger partial charge in [0.25, 0.3) is 5.91 Å². The van der Waals surface area contributed by atoms with E-state index in [9.17, 15) is 4.79 Å². The molecule has 0 bridgehead atoms. The van der Waals surface area contributed by atoms with E-state index in [1.54, 1.807) is 35.0 Å². The average Bonchev–Trinajstić information content (AvgIpc) is 2.35. The molecule has 0 aliphatic heterocycles. The topological polar surface area (TPSA) is 33.2 Å². The molecule has 0 aliphatic rings. The lowest BCUT2D eigenvalue weighted by molar-refractivity contribution is 0.0742. The molecule has 1 amide bonds. The van der Waals surface area contributed by atoms with Crippen LogP contribution in [0.4, 0.5) is 0 Å². The van der Waals surface area contributed by atoms with Gasteiger partial charge < -0.3 is 4.90 Å². The molecule has 1 aromatic heterocycles. The summed E-state index contributed by atoms with van der Waals surface area (Å²) in [6.45, 7) is 2.10. The molecule has 0 N–H and O–H groups in total. The fraction of sp³-hybridized carbons (Fsp3) is 0.500. The molecular formula is C12H17BrN2OS. The van der Waals surface area contributed by atoms with Crippen LogP contribution in [0.2, 0.25) is 0 Å². The minimum atomic E-state index is 0.0193. The van der Waals surface area contributed by atoms with Crippen molar-refractivity contribution < 1.29 is 4.79 Å². The van der Waals surface area contributed by atoms with E-state index in [4.69, 9.17) is 0 Å². The van der Waals surface area contributed by atoms with Crippen LogP contribution in [0.5, 0.6) is 0 Å². The summed E-state index contributed by atoms with van der Waals surface area (Å²) in [5, 5.41) is 0. The monoisotopic (exact) mass is 316 g/mol. The molecule has 3 nitrogen and oxygen atoms in total. The number of nitrogens with zero attached hydrogens (tertiary/aromatic N) is 2. The molecule has 0 radical (unpaired) electrons. The first-order valence-electron chi connectivity index (χ1n) is 5.48. The van der Waals surface area contributed by atoms with E-state index >= 15 is 0 Å². The van der Waals surface area contributed by atoms with E-state index in [1.807, 2.05) is 7.05 Å². The van der Waals surface area contributed by atoms with Crippen LogP contribution in [-0.2, 0) is 0 Å². The summed E-state index contributed by atoms with van der Waals surface area (Å²) in [6, 6.07) is 3.84. The van der Waals surface area contributed by atoms with E-state index in [-0.39, 0.29) is 11.9 Å². The molecule has 1 unspecified atom stereocenters. The van der Waals surface area contributed by atoms with Crippen LogP contribution in [-0.4, -0.2) is 40.9 Å². The molecule has 1 rings (SSSR count). The van der Waals surface area contributed by atoms with Gasteiger partial charge in [-0.1, -0.05) is 6.92 Å². The minimum Gasteiger partial charge on any atom is -0.338 e. The van der Waals surface area contributed by atoms with Crippen molar-refractivity contribution in [2.24, 2.45) is 0 Å². The van der Waals surface area contributed by atoms with E-state index in [2.05, 4.69) is 34.1 Å². The Morgan fingerprint density at radius 1 is 1.65 bits per heavy atom. The number of hydrogen-bond donors (Lipinski definition) is 0. The molecule has 17 heavy (non-hydrogen) atoms. The number of thioether (sulfide) groups is 1. The third-order valence-corrected chi connectivity index (χ3v) is 4.04. The number of hydrogen-bond acceptors (Lipinski definition) is 3. The van der Waals surface area contributed by atoms with Crippen molar-refractivity contribution in [3.05, 3.63) is 28.5 Å². The van der Waals surface area contributed by atoms with Crippen LogP contribution in [0.15, 0.2) is 22.9 Å². The molecular weight excluding hydrogens is 300 g/mol. The smallest absolute Gasteiger partial charge is 0.256 e. The van der Waals surface area contributed by atoms with E-state index < -0.39 is 0 Å². The summed E-state index contributed by atoms with van der Waals surface area (Å²) in [5.41, 5.74) is 0.620. The Morgan fingerprint density at radius 3 is 2.88 bits per heavy atom. The molecule has 0 saturated carbocycles. The number of halogens is 1. The van der Waals surface area contributed by atoms with Crippen molar-refractivity contribution in [3.8, 4) is 0 Å². The molecule has 1 aromatic rings. The molecule has 0 spiro atoms. The van der Waals surface area contributed by atoms with E-state index in [0.29, 0.717) is 10.2 Å². The Hall–Kier alpha value is -0.550. The lowest BCUT2D eigenvalue weighted by Crippen LogP contribution is -2.38. The Labute approximate surface area is 115 Å². The highest BCUT2D eigenvalue weighted by atomic mass is 79.9. The number of rotatable bonds is 5. The molecule has 1 atom stereocenters. The molecule has 5 heteroatoms. The zero-order valence-electron chi connectivity index (χ0n) is 10.3. The number of amides is 1. The van der Waals surface area contributed by atoms with Crippen molar-refractivity contribution in [1.82, 2.24) is 9.88 Å². The molecule has 0 aliphatic carbocycles. The van der Waals surface area contributed by atoms with Gasteiger partial charge in [0.15, 0.2) is 0 Å². The van der Waals surface area contributed by atoms with Crippen LogP contribution in [0.3, 0.4) is 0 Å². The zero-order valence-corrected chi connectivity index (χ0v) is 12.7. The van der Waals surface area contributed by atoms with E-state index in [0.717, 1.165) is 12.2 Å². The quantitative estimate of drug-likeness (QED) is 0.783. The highest BCUT2D eigenvalue weighted by Gasteiger charge is 2.21. The normalized spacial score (nSPS) is 12.2. The second-order valence-electron chi connectivity index (χ2n) is 3.78. The zero-order chi connectivity index (χ0) is 12.8. The molecule has 94 valence electrons. The van der Waals surface area contributed by atoms with Crippen molar-refractivity contribution in [1.29, 1.82) is 0 Å². The third kappa shape index (κ3) is 3.71. The second-order valence-corrected chi connectivity index (χ2v) is 5.44. The van der Waals surface area contributed by atoms with Gasteiger partial charge >= 0.3 is 0 Å². The lowest BCUT2D eigenvalue weighted by Gasteiger charge is -2.27. The Bertz CT molecular complexity index is 387. The van der Waals surface area contributed by atoms with Crippen LogP contribution < -0.4 is 0 Å². The van der Waals surface area contributed by atoms with Gasteiger partial charge in [-0.05, 0) is 40.7 Å². The van der Waals surface area contributed by atoms with Gasteiger partial charge in [-0.2, -0.15) is 11.8 Å². The third-order valence-electron chi connectivity index (χ3n) is 2.69. The van der Waals surface area contributed by atoms with Gasteiger partial charge in [0.1, 0.15) is 4.60 Å². The van der Waals surface area contributed by atoms with Crippen molar-refractivity contribution in [2.45, 2.75) is 19.4 Å². The Kier molecular flexibility index (Phi) is 5.98. The first-order chi connectivity index (χ1) is 8.11. The van der Waals surface area contributed by atoms with Crippen LogP contribution in [0, 0.1) is 0 Å². The summed E-state index contributed by atoms with van der Waals surface area (Å²) in [6.07, 6.45) is 4.68. The van der Waals surface area contributed by atoms with Gasteiger partial charge in [-0.15, -0.1) is 0 Å². The number of carbonyl (C=O) groups excluding carboxylic acids is 1. The average molecular weight is 317 g/mol. The largest absolute Gasteiger partial charge is 0.338 e. The van der Waals surface area contributed by atoms with Gasteiger partial charge in [0.05, 0.1) is 5.56 Å². The fourth-order valence-electron chi connectivity index (χ4n) is 1.60. The highest BCUT2D eigenvalue weighted by molar-refractivity contribution is 9.10. The van der Waals surface area contributed by atoms with Crippen LogP contribution in [0.25, 0.3) is 0 Å². The standard InChI is InChI=1S/C12H17BrN2OS/c1-4-9(8-17-3)15(2)12(16)10-6-5-7-14-11(10)13/h5-7,9H,4,8H2,1-3H3. The first-order valence-corrected chi connectivity index (χ1v) is 7.67. The number of pyridine rings is 1. The minimum absolute atomic E-state index is 0.0193. The Morgan fingerprint density at radius 2 is 2.35 bits per heavy atom. The fourth-order valence-corrected chi connectivity index (χ4v) is 2.86. The number of carbonyl (C=O) groups is 1. The predicted octanol–water partition coefficient (Wildman–Crippen LogP) is 3.06. The van der Waals surface area contributed by atoms with E-state index in [1.165, 1.54) is 0 Å². The molecule has 0 aromatic carbocycles. The summed E-state index contributed by atoms with van der Waals surface area (Å²) >= 11 is 5.07. The van der Waals surface area contributed by atoms with Crippen molar-refractivity contribution >= 4 is 33.6 Å². The Balaban J connectivity index is 2.85. The van der Waals surface area contributed by atoms with Gasteiger partial charge in [-0.25, -0.2) is 4.98 Å². The lowest BCUT2D eigenvalue weighted by atomic mass is 10.2. The van der Waals surface area contributed by atoms with Crippen LogP contribution >= 0.6 is 27.7 Å². The maximum absolute atomic E-state index is 12.3. The summed E-state index contributed by atoms with van der Waals surface area (Å²) < 4.78 is 0.607. The summed E-state index contributed by atoms with van der Waals surface area (Å²) in [4.78, 5) is 18.2. The van der Waals surface area contributed by atoms with Crippen molar-refractivity contribution in [3.63, 3.8) is 0 Å². The van der Waals surface area contributed by atoms with Crippen molar-refractivity contribution in [2.75, 3.05) is 19.1 Å². The molecule has 1 heterocycles. The maximum atomic E-state index is 12.3. The predicted molar refractivity (Wildman–Crippen MR) is 76.5 cm³/mol. The first kappa shape index (κ1) is 14.5. The summed E-state index contributed by atoms with van der Waals surface area (Å²) in [5.74, 6) is 0.974. The molecule has 0 saturated heterocycles. The second kappa shape index (κ2) is 7.01. The SMILES string of the molecule is CCC(CSC)N(C)C(=O)c1cccnc1Br. The summed E-state index contributed by atoms with van der Waals surface area (Å²) in [7, 11) is 1.85. The number of aromatic nitrogens is 1.